The van der Waals surface area contributed by atoms with Gasteiger partial charge in [-0.1, -0.05) is 41.0 Å². The monoisotopic (exact) mass is 201 g/mol. The average Bonchev–Trinajstić information content (AvgIpc) is 2.09. The third-order valence-electron chi connectivity index (χ3n) is 2.03. The maximum absolute atomic E-state index is 5.83. The van der Waals surface area contributed by atoms with Crippen LogP contribution in [0.2, 0.25) is 0 Å². The van der Waals surface area contributed by atoms with Crippen LogP contribution in [0.25, 0.3) is 0 Å². The highest BCUT2D eigenvalue weighted by molar-refractivity contribution is 4.64. The fraction of sp³-hybridized carbons (Fsp3) is 1.00. The first-order valence-corrected chi connectivity index (χ1v) is 5.91. The lowest BCUT2D eigenvalue weighted by molar-refractivity contribution is 0.0295. The predicted molar refractivity (Wildman–Crippen MR) is 62.6 cm³/mol. The molecule has 0 bridgehead atoms. The molecule has 0 aromatic rings. The number of ether oxygens (including phenoxy) is 1. The van der Waals surface area contributed by atoms with Crippen LogP contribution in [-0.4, -0.2) is 25.3 Å². The van der Waals surface area contributed by atoms with Gasteiger partial charge < -0.3 is 10.1 Å². The fourth-order valence-corrected chi connectivity index (χ4v) is 1.26. The van der Waals surface area contributed by atoms with Crippen LogP contribution in [0.4, 0.5) is 0 Å². The number of hydrogen-bond acceptors (Lipinski definition) is 2. The molecule has 0 aliphatic rings. The minimum absolute atomic E-state index is 0.393. The van der Waals surface area contributed by atoms with E-state index < -0.39 is 0 Å². The quantitative estimate of drug-likeness (QED) is 0.652. The van der Waals surface area contributed by atoms with E-state index in [1.807, 2.05) is 0 Å². The lowest BCUT2D eigenvalue weighted by Crippen LogP contribution is -2.34. The average molecular weight is 201 g/mol. The van der Waals surface area contributed by atoms with E-state index in [-0.39, 0.29) is 0 Å². The Kier molecular flexibility index (Phi) is 8.20. The topological polar surface area (TPSA) is 21.3 Å². The van der Waals surface area contributed by atoms with Crippen molar-refractivity contribution >= 4 is 0 Å². The van der Waals surface area contributed by atoms with Gasteiger partial charge in [-0.25, -0.2) is 0 Å². The fourth-order valence-electron chi connectivity index (χ4n) is 1.26. The van der Waals surface area contributed by atoms with E-state index in [1.54, 1.807) is 0 Å². The third-order valence-corrected chi connectivity index (χ3v) is 2.03. The van der Waals surface area contributed by atoms with Crippen molar-refractivity contribution in [2.24, 2.45) is 5.92 Å². The molecule has 0 aliphatic carbocycles. The van der Waals surface area contributed by atoms with Crippen molar-refractivity contribution in [2.75, 3.05) is 13.2 Å². The van der Waals surface area contributed by atoms with E-state index >= 15 is 0 Å². The first-order valence-electron chi connectivity index (χ1n) is 5.91. The molecule has 0 amide bonds. The van der Waals surface area contributed by atoms with Crippen LogP contribution < -0.4 is 5.32 Å². The standard InChI is InChI=1S/C12H27NO/c1-6-7-12(8-13-11(4)5)14-9-10(2)3/h10-13H,6-9H2,1-5H3. The van der Waals surface area contributed by atoms with Crippen LogP contribution in [-0.2, 0) is 4.74 Å². The first kappa shape index (κ1) is 13.9. The molecule has 1 N–H and O–H groups in total. The zero-order valence-electron chi connectivity index (χ0n) is 10.5. The molecule has 0 saturated heterocycles. The summed E-state index contributed by atoms with van der Waals surface area (Å²) in [6, 6.07) is 0.553. The predicted octanol–water partition coefficient (Wildman–Crippen LogP) is 2.83. The molecule has 1 unspecified atom stereocenters. The highest BCUT2D eigenvalue weighted by atomic mass is 16.5. The summed E-state index contributed by atoms with van der Waals surface area (Å²) in [7, 11) is 0. The minimum Gasteiger partial charge on any atom is -0.377 e. The highest BCUT2D eigenvalue weighted by Gasteiger charge is 2.09. The number of rotatable bonds is 8. The summed E-state index contributed by atoms with van der Waals surface area (Å²) in [5, 5.41) is 3.43. The van der Waals surface area contributed by atoms with Gasteiger partial charge in [0, 0.05) is 19.2 Å². The zero-order chi connectivity index (χ0) is 11.0. The van der Waals surface area contributed by atoms with E-state index in [9.17, 15) is 0 Å². The van der Waals surface area contributed by atoms with Gasteiger partial charge in [0.1, 0.15) is 0 Å². The van der Waals surface area contributed by atoms with Gasteiger partial charge in [-0.05, 0) is 12.3 Å². The first-order chi connectivity index (χ1) is 6.56. The summed E-state index contributed by atoms with van der Waals surface area (Å²) in [6.45, 7) is 12.8. The van der Waals surface area contributed by atoms with Crippen LogP contribution in [0.3, 0.4) is 0 Å². The molecule has 0 heterocycles. The lowest BCUT2D eigenvalue weighted by Gasteiger charge is -2.20. The maximum atomic E-state index is 5.83. The second-order valence-corrected chi connectivity index (χ2v) is 4.70. The number of hydrogen-bond donors (Lipinski definition) is 1. The van der Waals surface area contributed by atoms with Gasteiger partial charge in [0.05, 0.1) is 6.10 Å². The van der Waals surface area contributed by atoms with E-state index in [2.05, 4.69) is 39.9 Å². The van der Waals surface area contributed by atoms with E-state index in [4.69, 9.17) is 4.74 Å². The Bertz CT molecular complexity index is 111. The molecule has 1 atom stereocenters. The molecular weight excluding hydrogens is 174 g/mol. The van der Waals surface area contributed by atoms with E-state index in [0.717, 1.165) is 19.6 Å². The summed E-state index contributed by atoms with van der Waals surface area (Å²) in [5.41, 5.74) is 0. The van der Waals surface area contributed by atoms with Gasteiger partial charge in [0.15, 0.2) is 0 Å². The Morgan fingerprint density at radius 3 is 2.21 bits per heavy atom. The third kappa shape index (κ3) is 8.52. The highest BCUT2D eigenvalue weighted by Crippen LogP contribution is 2.04. The molecule has 2 nitrogen and oxygen atoms in total. The summed E-state index contributed by atoms with van der Waals surface area (Å²) in [4.78, 5) is 0. The Labute approximate surface area is 89.4 Å². The summed E-state index contributed by atoms with van der Waals surface area (Å²) in [6.07, 6.45) is 2.75. The van der Waals surface area contributed by atoms with Crippen molar-refractivity contribution in [1.29, 1.82) is 0 Å². The zero-order valence-corrected chi connectivity index (χ0v) is 10.5. The molecule has 0 saturated carbocycles. The Morgan fingerprint density at radius 1 is 1.14 bits per heavy atom. The Hall–Kier alpha value is -0.0800. The molecular formula is C12H27NO. The molecule has 14 heavy (non-hydrogen) atoms. The van der Waals surface area contributed by atoms with Gasteiger partial charge in [-0.3, -0.25) is 0 Å². The smallest absolute Gasteiger partial charge is 0.0699 e. The summed E-state index contributed by atoms with van der Waals surface area (Å²) in [5.74, 6) is 0.633. The molecule has 0 aromatic heterocycles. The molecule has 2 heteroatoms. The largest absolute Gasteiger partial charge is 0.377 e. The minimum atomic E-state index is 0.393. The van der Waals surface area contributed by atoms with Crippen LogP contribution >= 0.6 is 0 Å². The Balaban J connectivity index is 3.65. The molecule has 86 valence electrons. The van der Waals surface area contributed by atoms with E-state index in [0.29, 0.717) is 18.1 Å². The van der Waals surface area contributed by atoms with Crippen molar-refractivity contribution in [3.8, 4) is 0 Å². The van der Waals surface area contributed by atoms with Gasteiger partial charge in [-0.15, -0.1) is 0 Å². The van der Waals surface area contributed by atoms with Crippen molar-refractivity contribution in [1.82, 2.24) is 5.32 Å². The molecule has 0 rings (SSSR count). The van der Waals surface area contributed by atoms with Crippen LogP contribution in [0.15, 0.2) is 0 Å². The van der Waals surface area contributed by atoms with Crippen LogP contribution in [0.1, 0.15) is 47.5 Å². The second kappa shape index (κ2) is 8.25. The molecule has 0 fully saturated rings. The SMILES string of the molecule is CCCC(CNC(C)C)OCC(C)C. The maximum Gasteiger partial charge on any atom is 0.0699 e. The van der Waals surface area contributed by atoms with Gasteiger partial charge >= 0.3 is 0 Å². The molecule has 0 radical (unpaired) electrons. The van der Waals surface area contributed by atoms with Crippen LogP contribution in [0, 0.1) is 5.92 Å². The number of nitrogens with one attached hydrogen (secondary N) is 1. The molecule has 0 spiro atoms. The van der Waals surface area contributed by atoms with Crippen molar-refractivity contribution in [3.63, 3.8) is 0 Å². The van der Waals surface area contributed by atoms with Gasteiger partial charge in [-0.2, -0.15) is 0 Å². The van der Waals surface area contributed by atoms with E-state index in [1.165, 1.54) is 6.42 Å². The van der Waals surface area contributed by atoms with Crippen molar-refractivity contribution < 1.29 is 4.74 Å². The second-order valence-electron chi connectivity index (χ2n) is 4.70. The van der Waals surface area contributed by atoms with Crippen LogP contribution in [0.5, 0.6) is 0 Å². The van der Waals surface area contributed by atoms with Crippen molar-refractivity contribution in [3.05, 3.63) is 0 Å². The Morgan fingerprint density at radius 2 is 1.79 bits per heavy atom. The summed E-state index contributed by atoms with van der Waals surface area (Å²) < 4.78 is 5.83. The molecule has 0 aliphatic heterocycles. The summed E-state index contributed by atoms with van der Waals surface area (Å²) >= 11 is 0. The lowest BCUT2D eigenvalue weighted by atomic mass is 10.2. The van der Waals surface area contributed by atoms with Gasteiger partial charge in [0.25, 0.3) is 0 Å². The molecule has 0 aromatic carbocycles. The normalized spacial score (nSPS) is 13.9. The van der Waals surface area contributed by atoms with Crippen molar-refractivity contribution in [2.45, 2.75) is 59.6 Å². The van der Waals surface area contributed by atoms with Gasteiger partial charge in [0.2, 0.25) is 0 Å².